The fraction of sp³-hybridized carbons (Fsp3) is 0.762. The molecule has 0 aliphatic rings. The zero-order chi connectivity index (χ0) is 26.4. The zero-order valence-electron chi connectivity index (χ0n) is 20.4. The number of carboxylic acids is 1. The highest BCUT2D eigenvalue weighted by Crippen LogP contribution is 2.10. The number of carboxylic acid groups (broad SMARTS) is 1. The predicted molar refractivity (Wildman–Crippen MR) is 127 cm³/mol. The van der Waals surface area contributed by atoms with Gasteiger partial charge in [0.15, 0.2) is 5.96 Å². The summed E-state index contributed by atoms with van der Waals surface area (Å²) in [5, 5.41) is 25.7. The Morgan fingerprint density at radius 3 is 1.91 bits per heavy atom. The summed E-state index contributed by atoms with van der Waals surface area (Å²) in [5.41, 5.74) is 16.6. The van der Waals surface area contributed by atoms with E-state index in [2.05, 4.69) is 20.9 Å². The van der Waals surface area contributed by atoms with Crippen molar-refractivity contribution in [2.45, 2.75) is 77.5 Å². The summed E-state index contributed by atoms with van der Waals surface area (Å²) in [6.07, 6.45) is 1.36. The van der Waals surface area contributed by atoms with E-state index in [4.69, 9.17) is 22.3 Å². The molecule has 0 bridgehead atoms. The molecule has 0 aromatic rings. The van der Waals surface area contributed by atoms with Crippen molar-refractivity contribution < 1.29 is 29.4 Å². The molecule has 0 saturated carbocycles. The molecular formula is C21H41N7O6. The van der Waals surface area contributed by atoms with Gasteiger partial charge < -0.3 is 43.4 Å². The predicted octanol–water partition coefficient (Wildman–Crippen LogP) is -2.01. The molecule has 13 nitrogen and oxygen atoms in total. The van der Waals surface area contributed by atoms with Gasteiger partial charge in [-0.1, -0.05) is 34.1 Å². The molecule has 11 N–H and O–H groups in total. The number of nitrogens with zero attached hydrogens (tertiary/aromatic N) is 1. The molecule has 0 heterocycles. The molecule has 0 aliphatic carbocycles. The van der Waals surface area contributed by atoms with Crippen LogP contribution < -0.4 is 33.2 Å². The fourth-order valence-electron chi connectivity index (χ4n) is 2.99. The van der Waals surface area contributed by atoms with Crippen LogP contribution in [0, 0.1) is 11.8 Å². The van der Waals surface area contributed by atoms with Crippen LogP contribution in [0.2, 0.25) is 0 Å². The maximum absolute atomic E-state index is 13.0. The molecule has 3 amide bonds. The smallest absolute Gasteiger partial charge is 0.328 e. The number of carbonyl (C=O) groups excluding carboxylic acids is 3. The lowest BCUT2D eigenvalue weighted by atomic mass is 9.97. The molecule has 0 saturated heterocycles. The SMILES string of the molecule is CCC(C)C(N)C(=O)NC(CC(C)C)C(=O)NC(CCCN=C(N)N)C(=O)NC(CO)C(=O)O. The molecule has 0 aliphatic heterocycles. The van der Waals surface area contributed by atoms with Crippen molar-refractivity contribution in [3.63, 3.8) is 0 Å². The molecule has 13 heteroatoms. The molecule has 34 heavy (non-hydrogen) atoms. The quantitative estimate of drug-likeness (QED) is 0.0681. The van der Waals surface area contributed by atoms with E-state index < -0.39 is 54.5 Å². The summed E-state index contributed by atoms with van der Waals surface area (Å²) in [6.45, 7) is 6.84. The number of nitrogens with one attached hydrogen (secondary N) is 3. The maximum Gasteiger partial charge on any atom is 0.328 e. The van der Waals surface area contributed by atoms with Gasteiger partial charge in [0.05, 0.1) is 12.6 Å². The van der Waals surface area contributed by atoms with Gasteiger partial charge in [-0.3, -0.25) is 19.4 Å². The average molecular weight is 488 g/mol. The van der Waals surface area contributed by atoms with Crippen molar-refractivity contribution in [1.82, 2.24) is 16.0 Å². The summed E-state index contributed by atoms with van der Waals surface area (Å²) in [6, 6.07) is -4.44. The van der Waals surface area contributed by atoms with Crippen molar-refractivity contribution in [1.29, 1.82) is 0 Å². The molecule has 5 atom stereocenters. The van der Waals surface area contributed by atoms with Crippen LogP contribution in [0.5, 0.6) is 0 Å². The van der Waals surface area contributed by atoms with Gasteiger partial charge in [-0.25, -0.2) is 4.79 Å². The fourth-order valence-corrected chi connectivity index (χ4v) is 2.99. The Hall–Kier alpha value is -2.93. The third-order valence-corrected chi connectivity index (χ3v) is 5.28. The summed E-state index contributed by atoms with van der Waals surface area (Å²) in [7, 11) is 0. The number of aliphatic carboxylic acids is 1. The zero-order valence-corrected chi connectivity index (χ0v) is 20.4. The van der Waals surface area contributed by atoms with Crippen molar-refractivity contribution in [2.24, 2.45) is 34.0 Å². The number of amides is 3. The minimum atomic E-state index is -1.54. The molecule has 0 spiro atoms. The number of hydrogen-bond acceptors (Lipinski definition) is 7. The summed E-state index contributed by atoms with van der Waals surface area (Å²) in [4.78, 5) is 53.3. The number of aliphatic imine (C=N–C) groups is 1. The molecule has 5 unspecified atom stereocenters. The van der Waals surface area contributed by atoms with Gasteiger partial charge in [-0.05, 0) is 31.1 Å². The molecule has 0 radical (unpaired) electrons. The Labute approximate surface area is 200 Å². The van der Waals surface area contributed by atoms with Crippen LogP contribution >= 0.6 is 0 Å². The summed E-state index contributed by atoms with van der Waals surface area (Å²) >= 11 is 0. The van der Waals surface area contributed by atoms with Crippen LogP contribution in [0.4, 0.5) is 0 Å². The van der Waals surface area contributed by atoms with Crippen molar-refractivity contribution in [3.8, 4) is 0 Å². The highest BCUT2D eigenvalue weighted by Gasteiger charge is 2.31. The monoisotopic (exact) mass is 487 g/mol. The molecule has 0 fully saturated rings. The number of hydrogen-bond donors (Lipinski definition) is 8. The second kappa shape index (κ2) is 15.8. The number of aliphatic hydroxyl groups is 1. The Bertz CT molecular complexity index is 712. The van der Waals surface area contributed by atoms with E-state index in [0.717, 1.165) is 0 Å². The first kappa shape index (κ1) is 31.1. The third kappa shape index (κ3) is 11.8. The number of rotatable bonds is 16. The Kier molecular flexibility index (Phi) is 14.5. The minimum Gasteiger partial charge on any atom is -0.480 e. The number of carbonyl (C=O) groups is 4. The number of aliphatic hydroxyl groups excluding tert-OH is 1. The molecule has 0 aromatic heterocycles. The van der Waals surface area contributed by atoms with Gasteiger partial charge in [-0.15, -0.1) is 0 Å². The van der Waals surface area contributed by atoms with E-state index in [1.165, 1.54) is 0 Å². The molecular weight excluding hydrogens is 446 g/mol. The normalized spacial score (nSPS) is 15.4. The third-order valence-electron chi connectivity index (χ3n) is 5.28. The van der Waals surface area contributed by atoms with Gasteiger partial charge >= 0.3 is 5.97 Å². The second-order valence-corrected chi connectivity index (χ2v) is 8.69. The molecule has 0 rings (SSSR count). The Morgan fingerprint density at radius 1 is 0.912 bits per heavy atom. The first-order valence-electron chi connectivity index (χ1n) is 11.4. The number of nitrogens with two attached hydrogens (primary N) is 3. The van der Waals surface area contributed by atoms with E-state index >= 15 is 0 Å². The van der Waals surface area contributed by atoms with Crippen molar-refractivity contribution >= 4 is 29.7 Å². The first-order chi connectivity index (χ1) is 15.8. The molecule has 196 valence electrons. The van der Waals surface area contributed by atoms with E-state index in [1.54, 1.807) is 0 Å². The van der Waals surface area contributed by atoms with E-state index in [-0.39, 0.29) is 30.8 Å². The lowest BCUT2D eigenvalue weighted by Crippen LogP contribution is -2.58. The van der Waals surface area contributed by atoms with E-state index in [0.29, 0.717) is 19.3 Å². The van der Waals surface area contributed by atoms with Gasteiger partial charge in [0.2, 0.25) is 17.7 Å². The van der Waals surface area contributed by atoms with Gasteiger partial charge in [0, 0.05) is 6.54 Å². The standard InChI is InChI=1S/C21H41N7O6/c1-5-12(4)16(22)19(32)27-14(9-11(2)3)18(31)26-13(7-6-8-25-21(23)24)17(30)28-15(10-29)20(33)34/h11-16,29H,5-10,22H2,1-4H3,(H,26,31)(H,27,32)(H,28,30)(H,33,34)(H4,23,24,25). The minimum absolute atomic E-state index is 0.0378. The first-order valence-corrected chi connectivity index (χ1v) is 11.4. The average Bonchev–Trinajstić information content (AvgIpc) is 2.76. The van der Waals surface area contributed by atoms with Gasteiger partial charge in [0.1, 0.15) is 18.1 Å². The Morgan fingerprint density at radius 2 is 1.44 bits per heavy atom. The summed E-state index contributed by atoms with van der Waals surface area (Å²) < 4.78 is 0. The van der Waals surface area contributed by atoms with Crippen LogP contribution in [-0.4, -0.2) is 77.2 Å². The second-order valence-electron chi connectivity index (χ2n) is 8.69. The maximum atomic E-state index is 13.0. The summed E-state index contributed by atoms with van der Waals surface area (Å²) in [5.74, 6) is -3.50. The highest BCUT2D eigenvalue weighted by atomic mass is 16.4. The van der Waals surface area contributed by atoms with Crippen LogP contribution in [-0.2, 0) is 19.2 Å². The van der Waals surface area contributed by atoms with Crippen molar-refractivity contribution in [2.75, 3.05) is 13.2 Å². The van der Waals surface area contributed by atoms with Gasteiger partial charge in [0.25, 0.3) is 0 Å². The Balaban J connectivity index is 5.56. The van der Waals surface area contributed by atoms with Crippen LogP contribution in [0.1, 0.15) is 53.4 Å². The van der Waals surface area contributed by atoms with Gasteiger partial charge in [-0.2, -0.15) is 0 Å². The van der Waals surface area contributed by atoms with Crippen LogP contribution in [0.3, 0.4) is 0 Å². The topological polar surface area (TPSA) is 235 Å². The van der Waals surface area contributed by atoms with E-state index in [1.807, 2.05) is 27.7 Å². The van der Waals surface area contributed by atoms with Crippen LogP contribution in [0.25, 0.3) is 0 Å². The largest absolute Gasteiger partial charge is 0.480 e. The van der Waals surface area contributed by atoms with Crippen LogP contribution in [0.15, 0.2) is 4.99 Å². The number of guanidine groups is 1. The van der Waals surface area contributed by atoms with E-state index in [9.17, 15) is 24.3 Å². The highest BCUT2D eigenvalue weighted by molar-refractivity contribution is 5.94. The lowest BCUT2D eigenvalue weighted by Gasteiger charge is -2.26. The lowest BCUT2D eigenvalue weighted by molar-refractivity contribution is -0.143. The molecule has 0 aromatic carbocycles. The van der Waals surface area contributed by atoms with Crippen molar-refractivity contribution in [3.05, 3.63) is 0 Å².